The molecule has 1 aromatic carbocycles. The van der Waals surface area contributed by atoms with Gasteiger partial charge in [0, 0.05) is 25.6 Å². The molecule has 0 spiro atoms. The lowest BCUT2D eigenvalue weighted by Crippen LogP contribution is -2.44. The molecule has 0 saturated carbocycles. The number of rotatable bonds is 5. The Labute approximate surface area is 152 Å². The minimum Gasteiger partial charge on any atom is -0.444 e. The second-order valence-electron chi connectivity index (χ2n) is 8.03. The van der Waals surface area contributed by atoms with Crippen molar-refractivity contribution in [1.29, 1.82) is 0 Å². The number of piperidine rings is 1. The molecule has 1 heterocycles. The number of ether oxygens (including phenoxy) is 2. The monoisotopic (exact) mass is 347 g/mol. The maximum atomic E-state index is 12.4. The zero-order valence-electron chi connectivity index (χ0n) is 16.4. The summed E-state index contributed by atoms with van der Waals surface area (Å²) in [5, 5.41) is 0. The minimum atomic E-state index is -0.460. The predicted octanol–water partition coefficient (Wildman–Crippen LogP) is 5.11. The van der Waals surface area contributed by atoms with Crippen molar-refractivity contribution in [2.45, 2.75) is 65.6 Å². The molecule has 0 bridgehead atoms. The van der Waals surface area contributed by atoms with Crippen LogP contribution in [0.2, 0.25) is 0 Å². The molecular weight excluding hydrogens is 314 g/mol. The lowest BCUT2D eigenvalue weighted by atomic mass is 9.88. The van der Waals surface area contributed by atoms with Crippen LogP contribution in [0.4, 0.5) is 4.79 Å². The van der Waals surface area contributed by atoms with Gasteiger partial charge in [0.1, 0.15) is 5.60 Å². The average Bonchev–Trinajstić information content (AvgIpc) is 2.54. The van der Waals surface area contributed by atoms with Crippen molar-refractivity contribution in [1.82, 2.24) is 4.90 Å². The number of nitrogens with zero attached hydrogens (tertiary/aromatic N) is 1. The number of hydrogen-bond donors (Lipinski definition) is 0. The van der Waals surface area contributed by atoms with E-state index in [0.717, 1.165) is 32.4 Å². The molecule has 2 unspecified atom stereocenters. The quantitative estimate of drug-likeness (QED) is 0.743. The van der Waals surface area contributed by atoms with Gasteiger partial charge in [-0.15, -0.1) is 0 Å². The van der Waals surface area contributed by atoms with Gasteiger partial charge >= 0.3 is 6.09 Å². The van der Waals surface area contributed by atoms with Gasteiger partial charge in [0.15, 0.2) is 0 Å². The summed E-state index contributed by atoms with van der Waals surface area (Å²) in [7, 11) is 0. The first-order chi connectivity index (χ1) is 11.8. The molecule has 1 aliphatic heterocycles. The van der Waals surface area contributed by atoms with Crippen molar-refractivity contribution >= 4 is 6.09 Å². The molecule has 0 N–H and O–H groups in total. The third-order valence-corrected chi connectivity index (χ3v) is 4.41. The molecule has 2 atom stereocenters. The molecule has 2 rings (SSSR count). The Morgan fingerprint density at radius 1 is 1.36 bits per heavy atom. The molecule has 1 fully saturated rings. The van der Waals surface area contributed by atoms with Crippen LogP contribution in [0.3, 0.4) is 0 Å². The predicted molar refractivity (Wildman–Crippen MR) is 101 cm³/mol. The van der Waals surface area contributed by atoms with Crippen LogP contribution in [0.25, 0.3) is 0 Å². The average molecular weight is 347 g/mol. The first-order valence-electron chi connectivity index (χ1n) is 9.46. The molecule has 4 nitrogen and oxygen atoms in total. The molecule has 1 aliphatic rings. The normalized spacial score (nSPS) is 19.6. The summed E-state index contributed by atoms with van der Waals surface area (Å²) in [5.41, 5.74) is 1.99. The maximum Gasteiger partial charge on any atom is 0.410 e. The van der Waals surface area contributed by atoms with Crippen molar-refractivity contribution in [2.75, 3.05) is 19.7 Å². The van der Waals surface area contributed by atoms with Crippen molar-refractivity contribution in [3.63, 3.8) is 0 Å². The van der Waals surface area contributed by atoms with Crippen LogP contribution in [-0.4, -0.2) is 36.3 Å². The van der Waals surface area contributed by atoms with E-state index in [0.29, 0.717) is 12.5 Å². The molecule has 0 aliphatic carbocycles. The smallest absolute Gasteiger partial charge is 0.410 e. The van der Waals surface area contributed by atoms with E-state index in [1.165, 1.54) is 11.1 Å². The van der Waals surface area contributed by atoms with Crippen LogP contribution in [0.5, 0.6) is 0 Å². The second kappa shape index (κ2) is 8.70. The van der Waals surface area contributed by atoms with Crippen LogP contribution >= 0.6 is 0 Å². The Balaban J connectivity index is 2.12. The Morgan fingerprint density at radius 2 is 2.12 bits per heavy atom. The first kappa shape index (κ1) is 19.8. The van der Waals surface area contributed by atoms with Gasteiger partial charge in [0.2, 0.25) is 0 Å². The molecule has 1 saturated heterocycles. The van der Waals surface area contributed by atoms with Gasteiger partial charge in [0.25, 0.3) is 0 Å². The van der Waals surface area contributed by atoms with Crippen LogP contribution in [0.1, 0.15) is 64.2 Å². The highest BCUT2D eigenvalue weighted by Gasteiger charge is 2.33. The van der Waals surface area contributed by atoms with Gasteiger partial charge in [-0.1, -0.05) is 36.8 Å². The topological polar surface area (TPSA) is 38.8 Å². The number of hydrogen-bond acceptors (Lipinski definition) is 3. The van der Waals surface area contributed by atoms with E-state index in [2.05, 4.69) is 38.1 Å². The maximum absolute atomic E-state index is 12.4. The Bertz CT molecular complexity index is 565. The molecule has 1 aromatic rings. The largest absolute Gasteiger partial charge is 0.444 e. The summed E-state index contributed by atoms with van der Waals surface area (Å²) in [4.78, 5) is 14.3. The Morgan fingerprint density at radius 3 is 2.76 bits per heavy atom. The fraction of sp³-hybridized carbons (Fsp3) is 0.667. The van der Waals surface area contributed by atoms with Crippen molar-refractivity contribution in [3.8, 4) is 0 Å². The van der Waals surface area contributed by atoms with Crippen molar-refractivity contribution < 1.29 is 14.3 Å². The summed E-state index contributed by atoms with van der Waals surface area (Å²) in [6.07, 6.45) is 2.87. The fourth-order valence-electron chi connectivity index (χ4n) is 3.35. The summed E-state index contributed by atoms with van der Waals surface area (Å²) < 4.78 is 11.8. The van der Waals surface area contributed by atoms with Crippen LogP contribution in [0, 0.1) is 12.8 Å². The second-order valence-corrected chi connectivity index (χ2v) is 8.03. The molecular formula is C21H33NO3. The van der Waals surface area contributed by atoms with Crippen LogP contribution in [0.15, 0.2) is 24.3 Å². The highest BCUT2D eigenvalue weighted by Crippen LogP contribution is 2.34. The van der Waals surface area contributed by atoms with Gasteiger partial charge in [-0.3, -0.25) is 0 Å². The summed E-state index contributed by atoms with van der Waals surface area (Å²) in [6.45, 7) is 12.2. The van der Waals surface area contributed by atoms with E-state index >= 15 is 0 Å². The van der Waals surface area contributed by atoms with E-state index in [1.807, 2.05) is 25.7 Å². The van der Waals surface area contributed by atoms with E-state index in [9.17, 15) is 4.79 Å². The van der Waals surface area contributed by atoms with Gasteiger partial charge in [0.05, 0.1) is 6.10 Å². The van der Waals surface area contributed by atoms with E-state index < -0.39 is 5.60 Å². The summed E-state index contributed by atoms with van der Waals surface area (Å²) >= 11 is 0. The van der Waals surface area contributed by atoms with Crippen LogP contribution in [-0.2, 0) is 9.47 Å². The van der Waals surface area contributed by atoms with Gasteiger partial charge in [-0.25, -0.2) is 4.79 Å². The fourth-order valence-corrected chi connectivity index (χ4v) is 3.35. The van der Waals surface area contributed by atoms with Gasteiger partial charge in [-0.2, -0.15) is 0 Å². The van der Waals surface area contributed by atoms with Crippen molar-refractivity contribution in [2.24, 2.45) is 5.92 Å². The third-order valence-electron chi connectivity index (χ3n) is 4.41. The minimum absolute atomic E-state index is 0.0325. The lowest BCUT2D eigenvalue weighted by molar-refractivity contribution is -0.0255. The standard InChI is InChI=1S/C21H33NO3/c1-6-13-24-19(17-10-7-9-16(2)14-17)18-11-8-12-22(15-18)20(23)25-21(3,4)5/h7,9-10,14,18-19H,6,8,11-13,15H2,1-5H3. The highest BCUT2D eigenvalue weighted by molar-refractivity contribution is 5.68. The number of amides is 1. The third kappa shape index (κ3) is 6.03. The molecule has 1 amide bonds. The summed E-state index contributed by atoms with van der Waals surface area (Å²) in [5.74, 6) is 0.301. The molecule has 140 valence electrons. The number of carbonyl (C=O) groups excluding carboxylic acids is 1. The molecule has 4 heteroatoms. The lowest BCUT2D eigenvalue weighted by Gasteiger charge is -2.37. The SMILES string of the molecule is CCCOC(c1cccc(C)c1)C1CCCN(C(=O)OC(C)(C)C)C1. The summed E-state index contributed by atoms with van der Waals surface area (Å²) in [6, 6.07) is 8.53. The number of likely N-dealkylation sites (tertiary alicyclic amines) is 1. The molecule has 0 radical (unpaired) electrons. The Kier molecular flexibility index (Phi) is 6.88. The zero-order valence-corrected chi connectivity index (χ0v) is 16.4. The van der Waals surface area contributed by atoms with Crippen molar-refractivity contribution in [3.05, 3.63) is 35.4 Å². The molecule has 0 aromatic heterocycles. The molecule has 25 heavy (non-hydrogen) atoms. The van der Waals surface area contributed by atoms with Crippen LogP contribution < -0.4 is 0 Å². The Hall–Kier alpha value is -1.55. The number of benzene rings is 1. The zero-order chi connectivity index (χ0) is 18.4. The van der Waals surface area contributed by atoms with E-state index in [1.54, 1.807) is 0 Å². The van der Waals surface area contributed by atoms with E-state index in [4.69, 9.17) is 9.47 Å². The number of aryl methyl sites for hydroxylation is 1. The van der Waals surface area contributed by atoms with Gasteiger partial charge in [-0.05, 0) is 52.5 Å². The number of carbonyl (C=O) groups is 1. The highest BCUT2D eigenvalue weighted by atomic mass is 16.6. The van der Waals surface area contributed by atoms with E-state index in [-0.39, 0.29) is 12.2 Å². The first-order valence-corrected chi connectivity index (χ1v) is 9.46. The van der Waals surface area contributed by atoms with Gasteiger partial charge < -0.3 is 14.4 Å².